The Morgan fingerprint density at radius 3 is 2.41 bits per heavy atom. The monoisotopic (exact) mass is 413 g/mol. The van der Waals surface area contributed by atoms with Crippen molar-refractivity contribution in [1.29, 1.82) is 0 Å². The van der Waals surface area contributed by atoms with Gasteiger partial charge in [-0.1, -0.05) is 19.4 Å². The van der Waals surface area contributed by atoms with Gasteiger partial charge in [0, 0.05) is 16.7 Å². The number of nitrogens with zero attached hydrogens (tertiary/aromatic N) is 1. The van der Waals surface area contributed by atoms with E-state index in [9.17, 15) is 13.2 Å². The third kappa shape index (κ3) is 5.07. The van der Waals surface area contributed by atoms with Gasteiger partial charge in [-0.15, -0.1) is 0 Å². The van der Waals surface area contributed by atoms with E-state index in [1.54, 1.807) is 35.2 Å². The average Bonchev–Trinajstić information content (AvgIpc) is 3.05. The van der Waals surface area contributed by atoms with E-state index in [1.165, 1.54) is 5.41 Å². The van der Waals surface area contributed by atoms with E-state index >= 15 is 0 Å². The minimum absolute atomic E-state index is 0.107. The minimum atomic E-state index is -3.30. The van der Waals surface area contributed by atoms with Crippen LogP contribution in [0.15, 0.2) is 53.9 Å². The molecule has 1 atom stereocenters. The van der Waals surface area contributed by atoms with Crippen molar-refractivity contribution in [2.45, 2.75) is 39.7 Å². The van der Waals surface area contributed by atoms with Crippen molar-refractivity contribution < 1.29 is 17.9 Å². The zero-order valence-corrected chi connectivity index (χ0v) is 17.9. The first-order valence-corrected chi connectivity index (χ1v) is 11.6. The fourth-order valence-corrected chi connectivity index (χ4v) is 4.49. The molecule has 154 valence electrons. The number of anilines is 1. The first-order chi connectivity index (χ1) is 13.8. The molecule has 1 heterocycles. The molecule has 0 fully saturated rings. The summed E-state index contributed by atoms with van der Waals surface area (Å²) in [6, 6.07) is 12.2. The summed E-state index contributed by atoms with van der Waals surface area (Å²) < 4.78 is 29.6. The van der Waals surface area contributed by atoms with E-state index in [2.05, 4.69) is 6.92 Å². The van der Waals surface area contributed by atoms with Crippen LogP contribution in [0.5, 0.6) is 5.75 Å². The van der Waals surface area contributed by atoms with Crippen molar-refractivity contribution in [3.63, 3.8) is 0 Å². The lowest BCUT2D eigenvalue weighted by Crippen LogP contribution is -2.41. The summed E-state index contributed by atoms with van der Waals surface area (Å²) in [5, 5.41) is 1.20. The molecule has 2 aromatic rings. The van der Waals surface area contributed by atoms with Gasteiger partial charge in [-0.25, -0.2) is 8.42 Å². The van der Waals surface area contributed by atoms with Crippen molar-refractivity contribution in [3.05, 3.63) is 70.6 Å². The first kappa shape index (κ1) is 21.1. The first-order valence-electron chi connectivity index (χ1n) is 9.85. The Morgan fingerprint density at radius 2 is 1.83 bits per heavy atom. The van der Waals surface area contributed by atoms with Crippen molar-refractivity contribution in [3.8, 4) is 5.75 Å². The molecule has 2 aromatic carbocycles. The van der Waals surface area contributed by atoms with Gasteiger partial charge in [-0.2, -0.15) is 0 Å². The molecule has 5 nitrogen and oxygen atoms in total. The maximum atomic E-state index is 13.4. The molecule has 29 heavy (non-hydrogen) atoms. The molecular weight excluding hydrogens is 386 g/mol. The molecule has 3 rings (SSSR count). The molecule has 0 N–H and O–H groups in total. The molecule has 0 saturated heterocycles. The van der Waals surface area contributed by atoms with Crippen LogP contribution in [0, 0.1) is 13.8 Å². The number of sulfone groups is 1. The molecule has 0 saturated carbocycles. The van der Waals surface area contributed by atoms with Gasteiger partial charge >= 0.3 is 0 Å². The third-order valence-corrected chi connectivity index (χ3v) is 6.48. The normalized spacial score (nSPS) is 17.3. The van der Waals surface area contributed by atoms with Crippen LogP contribution in [0.4, 0.5) is 5.69 Å². The molecule has 0 unspecified atom stereocenters. The Bertz CT molecular complexity index is 1010. The van der Waals surface area contributed by atoms with Gasteiger partial charge in [-0.3, -0.25) is 4.79 Å². The second-order valence-corrected chi connectivity index (χ2v) is 9.33. The van der Waals surface area contributed by atoms with Crippen LogP contribution in [-0.2, 0) is 9.84 Å². The lowest BCUT2D eigenvalue weighted by Gasteiger charge is -2.28. The molecule has 0 spiro atoms. The third-order valence-electron chi connectivity index (χ3n) is 5.10. The fraction of sp³-hybridized carbons (Fsp3) is 0.348. The van der Waals surface area contributed by atoms with E-state index < -0.39 is 15.9 Å². The van der Waals surface area contributed by atoms with Crippen LogP contribution in [0.2, 0.25) is 0 Å². The second-order valence-electron chi connectivity index (χ2n) is 7.40. The largest absolute Gasteiger partial charge is 0.494 e. The van der Waals surface area contributed by atoms with Crippen LogP contribution in [0.25, 0.3) is 0 Å². The Labute approximate surface area is 172 Å². The van der Waals surface area contributed by atoms with Gasteiger partial charge in [0.25, 0.3) is 5.91 Å². The average molecular weight is 414 g/mol. The van der Waals surface area contributed by atoms with Gasteiger partial charge in [0.15, 0.2) is 9.84 Å². The van der Waals surface area contributed by atoms with Crippen LogP contribution in [0.3, 0.4) is 0 Å². The Kier molecular flexibility index (Phi) is 6.42. The molecule has 1 aliphatic heterocycles. The Balaban J connectivity index is 1.90. The van der Waals surface area contributed by atoms with Crippen molar-refractivity contribution in [2.24, 2.45) is 0 Å². The molecule has 0 aromatic heterocycles. The molecular formula is C23H27NO4S. The molecule has 0 aliphatic carbocycles. The summed E-state index contributed by atoms with van der Waals surface area (Å²) in [7, 11) is -3.30. The summed E-state index contributed by atoms with van der Waals surface area (Å²) in [5.41, 5.74) is 3.34. The maximum absolute atomic E-state index is 13.4. The number of rotatable bonds is 7. The number of amides is 1. The highest BCUT2D eigenvalue weighted by Gasteiger charge is 2.32. The minimum Gasteiger partial charge on any atom is -0.494 e. The van der Waals surface area contributed by atoms with Gasteiger partial charge in [0.1, 0.15) is 5.75 Å². The zero-order valence-electron chi connectivity index (χ0n) is 17.1. The lowest BCUT2D eigenvalue weighted by atomic mass is 10.1. The summed E-state index contributed by atoms with van der Waals surface area (Å²) in [6.45, 7) is 6.72. The Morgan fingerprint density at radius 1 is 1.10 bits per heavy atom. The zero-order chi connectivity index (χ0) is 21.0. The lowest BCUT2D eigenvalue weighted by molar-refractivity contribution is 0.0983. The standard InChI is InChI=1S/C23H27NO4S/c1-4-5-13-28-22-10-7-19(8-11-22)23(25)24(21-12-14-29(26,27)16-21)20-9-6-17(2)18(3)15-20/h6-12,14-15,21H,4-5,13,16H2,1-3H3/t21-/m0/s1. The number of unbranched alkanes of at least 4 members (excludes halogenated alkanes) is 1. The fourth-order valence-electron chi connectivity index (χ4n) is 3.22. The number of carbonyl (C=O) groups excluding carboxylic acids is 1. The van der Waals surface area contributed by atoms with Gasteiger partial charge in [0.05, 0.1) is 18.4 Å². The van der Waals surface area contributed by atoms with E-state index in [-0.39, 0.29) is 11.7 Å². The van der Waals surface area contributed by atoms with Gasteiger partial charge in [-0.05, 0) is 73.9 Å². The predicted molar refractivity (Wildman–Crippen MR) is 116 cm³/mol. The molecule has 0 bridgehead atoms. The number of aryl methyl sites for hydroxylation is 2. The van der Waals surface area contributed by atoms with Crippen LogP contribution < -0.4 is 9.64 Å². The molecule has 1 aliphatic rings. The number of carbonyl (C=O) groups is 1. The highest BCUT2D eigenvalue weighted by Crippen LogP contribution is 2.27. The van der Waals surface area contributed by atoms with Crippen LogP contribution in [0.1, 0.15) is 41.3 Å². The van der Waals surface area contributed by atoms with Gasteiger partial charge in [0.2, 0.25) is 0 Å². The van der Waals surface area contributed by atoms with Crippen LogP contribution >= 0.6 is 0 Å². The highest BCUT2D eigenvalue weighted by molar-refractivity contribution is 7.94. The molecule has 6 heteroatoms. The molecule has 1 amide bonds. The van der Waals surface area contributed by atoms with E-state index in [0.717, 1.165) is 29.7 Å². The van der Waals surface area contributed by atoms with Crippen molar-refractivity contribution >= 4 is 21.4 Å². The summed E-state index contributed by atoms with van der Waals surface area (Å²) in [5.74, 6) is 0.375. The van der Waals surface area contributed by atoms with Crippen molar-refractivity contribution in [1.82, 2.24) is 0 Å². The predicted octanol–water partition coefficient (Wildman–Crippen LogP) is 4.44. The van der Waals surface area contributed by atoms with Crippen molar-refractivity contribution in [2.75, 3.05) is 17.3 Å². The number of benzene rings is 2. The SMILES string of the molecule is CCCCOc1ccc(C(=O)N(c2ccc(C)c(C)c2)[C@H]2C=CS(=O)(=O)C2)cc1. The number of hydrogen-bond acceptors (Lipinski definition) is 4. The summed E-state index contributed by atoms with van der Waals surface area (Å²) >= 11 is 0. The van der Waals surface area contributed by atoms with E-state index in [1.807, 2.05) is 32.0 Å². The van der Waals surface area contributed by atoms with Crippen LogP contribution in [-0.4, -0.2) is 32.7 Å². The Hall–Kier alpha value is -2.60. The summed E-state index contributed by atoms with van der Waals surface area (Å²) in [6.07, 6.45) is 3.62. The number of ether oxygens (including phenoxy) is 1. The maximum Gasteiger partial charge on any atom is 0.258 e. The van der Waals surface area contributed by atoms with E-state index in [4.69, 9.17) is 4.74 Å². The topological polar surface area (TPSA) is 63.7 Å². The van der Waals surface area contributed by atoms with E-state index in [0.29, 0.717) is 17.9 Å². The molecule has 0 radical (unpaired) electrons. The van der Waals surface area contributed by atoms with Gasteiger partial charge < -0.3 is 9.64 Å². The second kappa shape index (κ2) is 8.82. The highest BCUT2D eigenvalue weighted by atomic mass is 32.2. The quantitative estimate of drug-likeness (QED) is 0.630. The number of hydrogen-bond donors (Lipinski definition) is 0. The smallest absolute Gasteiger partial charge is 0.258 e. The summed E-state index contributed by atoms with van der Waals surface area (Å²) in [4.78, 5) is 14.9.